The predicted molar refractivity (Wildman–Crippen MR) is 130 cm³/mol. The molecule has 0 aromatic heterocycles. The van der Waals surface area contributed by atoms with Gasteiger partial charge in [-0.3, -0.25) is 4.79 Å². The van der Waals surface area contributed by atoms with Crippen LogP contribution >= 0.6 is 0 Å². The summed E-state index contributed by atoms with van der Waals surface area (Å²) in [5, 5.41) is 9.41. The zero-order valence-electron chi connectivity index (χ0n) is 19.9. The van der Waals surface area contributed by atoms with Gasteiger partial charge in [-0.15, -0.1) is 0 Å². The number of carboxylic acids is 1. The molecular formula is C26H32O6Si. The molecule has 2 aromatic carbocycles. The van der Waals surface area contributed by atoms with Gasteiger partial charge < -0.3 is 19.0 Å². The lowest BCUT2D eigenvalue weighted by molar-refractivity contribution is -0.147. The number of hydrogen-bond donors (Lipinski definition) is 1. The van der Waals surface area contributed by atoms with Crippen LogP contribution in [0.2, 0.25) is 18.1 Å². The number of aliphatic carboxylic acids is 1. The predicted octanol–water partition coefficient (Wildman–Crippen LogP) is 4.94. The quantitative estimate of drug-likeness (QED) is 0.175. The highest BCUT2D eigenvalue weighted by molar-refractivity contribution is 6.74. The maximum atomic E-state index is 12.2. The molecule has 0 aliphatic heterocycles. The molecule has 0 aliphatic carbocycles. The van der Waals surface area contributed by atoms with Crippen LogP contribution in [0, 0.1) is 11.8 Å². The smallest absolute Gasteiger partial charge is 0.335 e. The Bertz CT molecular complexity index is 981. The Kier molecular flexibility index (Phi) is 9.41. The molecule has 1 unspecified atom stereocenters. The third kappa shape index (κ3) is 8.50. The van der Waals surface area contributed by atoms with Crippen LogP contribution in [0.25, 0.3) is 0 Å². The minimum absolute atomic E-state index is 0.115. The number of hydrogen-bond acceptors (Lipinski definition) is 5. The molecule has 7 heteroatoms. The zero-order chi connectivity index (χ0) is 24.5. The zero-order valence-corrected chi connectivity index (χ0v) is 20.9. The van der Waals surface area contributed by atoms with Crippen molar-refractivity contribution >= 4 is 20.1 Å². The first-order chi connectivity index (χ1) is 15.5. The van der Waals surface area contributed by atoms with E-state index in [2.05, 4.69) is 11.8 Å². The average molecular weight is 469 g/mol. The van der Waals surface area contributed by atoms with Crippen molar-refractivity contribution in [3.8, 4) is 17.6 Å². The first-order valence-corrected chi connectivity index (χ1v) is 13.7. The standard InChI is InChI=1S/C26H32O6Si/c1-26(2,3)33(4,5)32-24(25(28)29)19-31-22-15-13-21(14-16-22)23(27)12-9-17-30-18-20-10-7-6-8-11-20/h6-8,10-11,13-16,24H,17-19H2,1-5H3,(H,28,29). The van der Waals surface area contributed by atoms with E-state index in [9.17, 15) is 14.7 Å². The van der Waals surface area contributed by atoms with Crippen LogP contribution < -0.4 is 4.74 Å². The number of carbonyl (C=O) groups excluding carboxylic acids is 1. The van der Waals surface area contributed by atoms with Gasteiger partial charge in [0.25, 0.3) is 0 Å². The van der Waals surface area contributed by atoms with Gasteiger partial charge in [0.1, 0.15) is 19.0 Å². The van der Waals surface area contributed by atoms with Gasteiger partial charge in [0.15, 0.2) is 14.4 Å². The molecular weight excluding hydrogens is 436 g/mol. The van der Waals surface area contributed by atoms with E-state index in [0.29, 0.717) is 17.9 Å². The van der Waals surface area contributed by atoms with Crippen molar-refractivity contribution in [2.75, 3.05) is 13.2 Å². The second-order valence-electron chi connectivity index (χ2n) is 9.15. The number of ketones is 1. The Morgan fingerprint density at radius 3 is 2.24 bits per heavy atom. The van der Waals surface area contributed by atoms with Gasteiger partial charge in [0.05, 0.1) is 6.61 Å². The van der Waals surface area contributed by atoms with E-state index in [1.165, 1.54) is 0 Å². The lowest BCUT2D eigenvalue weighted by atomic mass is 10.1. The average Bonchev–Trinajstić information content (AvgIpc) is 2.76. The van der Waals surface area contributed by atoms with Crippen molar-refractivity contribution in [3.05, 3.63) is 65.7 Å². The van der Waals surface area contributed by atoms with E-state index >= 15 is 0 Å². The molecule has 1 atom stereocenters. The third-order valence-corrected chi connectivity index (χ3v) is 10.0. The normalized spacial score (nSPS) is 12.4. The summed E-state index contributed by atoms with van der Waals surface area (Å²) in [5.41, 5.74) is 1.46. The fourth-order valence-corrected chi connectivity index (χ4v) is 3.78. The summed E-state index contributed by atoms with van der Waals surface area (Å²) in [7, 11) is -2.26. The minimum Gasteiger partial charge on any atom is -0.490 e. The molecule has 0 saturated carbocycles. The van der Waals surface area contributed by atoms with Crippen LogP contribution in [0.15, 0.2) is 54.6 Å². The molecule has 6 nitrogen and oxygen atoms in total. The van der Waals surface area contributed by atoms with E-state index in [0.717, 1.165) is 5.56 Å². The van der Waals surface area contributed by atoms with Crippen molar-refractivity contribution in [1.82, 2.24) is 0 Å². The van der Waals surface area contributed by atoms with Gasteiger partial charge in [-0.2, -0.15) is 0 Å². The number of ether oxygens (including phenoxy) is 2. The van der Waals surface area contributed by atoms with Crippen LogP contribution in [0.3, 0.4) is 0 Å². The summed E-state index contributed by atoms with van der Waals surface area (Å²) >= 11 is 0. The maximum Gasteiger partial charge on any atom is 0.335 e. The lowest BCUT2D eigenvalue weighted by Crippen LogP contribution is -2.47. The molecule has 0 aliphatic rings. The van der Waals surface area contributed by atoms with Crippen molar-refractivity contribution in [1.29, 1.82) is 0 Å². The molecule has 0 spiro atoms. The highest BCUT2D eigenvalue weighted by Crippen LogP contribution is 2.37. The summed E-state index contributed by atoms with van der Waals surface area (Å²) in [6.07, 6.45) is -1.06. The molecule has 2 rings (SSSR count). The first kappa shape index (κ1) is 26.3. The number of carbonyl (C=O) groups is 2. The highest BCUT2D eigenvalue weighted by Gasteiger charge is 2.41. The minimum atomic E-state index is -2.26. The second kappa shape index (κ2) is 11.8. The van der Waals surface area contributed by atoms with Crippen molar-refractivity contribution in [2.45, 2.75) is 51.6 Å². The maximum absolute atomic E-state index is 12.2. The Hall–Kier alpha value is -2.92. The molecule has 0 bridgehead atoms. The molecule has 176 valence electrons. The second-order valence-corrected chi connectivity index (χ2v) is 13.9. The van der Waals surface area contributed by atoms with Crippen molar-refractivity contribution in [2.24, 2.45) is 0 Å². The number of benzene rings is 2. The van der Waals surface area contributed by atoms with Gasteiger partial charge in [-0.05, 0) is 53.9 Å². The number of Topliss-reactive ketones (excluding diaryl/α,β-unsaturated/α-hetero) is 1. The van der Waals surface area contributed by atoms with Crippen LogP contribution in [-0.4, -0.2) is 44.5 Å². The lowest BCUT2D eigenvalue weighted by Gasteiger charge is -2.38. The summed E-state index contributed by atoms with van der Waals surface area (Å²) in [4.78, 5) is 23.9. The Morgan fingerprint density at radius 1 is 1.03 bits per heavy atom. The first-order valence-electron chi connectivity index (χ1n) is 10.8. The molecule has 0 radical (unpaired) electrons. The SMILES string of the molecule is CC(C)(C)[Si](C)(C)OC(COc1ccc(C(=O)C#CCOCc2ccccc2)cc1)C(=O)O. The van der Waals surface area contributed by atoms with Gasteiger partial charge in [-0.1, -0.05) is 57.0 Å². The molecule has 0 heterocycles. The highest BCUT2D eigenvalue weighted by atomic mass is 28.4. The number of rotatable bonds is 10. The molecule has 2 aromatic rings. The van der Waals surface area contributed by atoms with E-state index in [-0.39, 0.29) is 24.0 Å². The van der Waals surface area contributed by atoms with Crippen LogP contribution in [0.1, 0.15) is 36.7 Å². The Labute approximate surface area is 197 Å². The van der Waals surface area contributed by atoms with Gasteiger partial charge >= 0.3 is 5.97 Å². The van der Waals surface area contributed by atoms with Gasteiger partial charge in [-0.25, -0.2) is 4.79 Å². The number of carboxylic acid groups (broad SMARTS) is 1. The van der Waals surface area contributed by atoms with Crippen molar-refractivity contribution in [3.63, 3.8) is 0 Å². The Morgan fingerprint density at radius 2 is 1.67 bits per heavy atom. The topological polar surface area (TPSA) is 82.1 Å². The van der Waals surface area contributed by atoms with Crippen LogP contribution in [0.4, 0.5) is 0 Å². The summed E-state index contributed by atoms with van der Waals surface area (Å²) in [5.74, 6) is 4.36. The van der Waals surface area contributed by atoms with Gasteiger partial charge in [0, 0.05) is 5.56 Å². The fraction of sp³-hybridized carbons (Fsp3) is 0.385. The van der Waals surface area contributed by atoms with Gasteiger partial charge in [0.2, 0.25) is 5.78 Å². The molecule has 0 saturated heterocycles. The Balaban J connectivity index is 1.86. The van der Waals surface area contributed by atoms with E-state index in [1.807, 2.05) is 64.2 Å². The van der Waals surface area contributed by atoms with Crippen LogP contribution in [0.5, 0.6) is 5.75 Å². The molecule has 33 heavy (non-hydrogen) atoms. The van der Waals surface area contributed by atoms with E-state index < -0.39 is 20.4 Å². The van der Waals surface area contributed by atoms with E-state index in [1.54, 1.807) is 24.3 Å². The molecule has 0 fully saturated rings. The molecule has 1 N–H and O–H groups in total. The largest absolute Gasteiger partial charge is 0.490 e. The summed E-state index contributed by atoms with van der Waals surface area (Å²) in [6, 6.07) is 16.2. The van der Waals surface area contributed by atoms with E-state index in [4.69, 9.17) is 13.9 Å². The third-order valence-electron chi connectivity index (χ3n) is 5.52. The summed E-state index contributed by atoms with van der Waals surface area (Å²) in [6.45, 7) is 10.6. The van der Waals surface area contributed by atoms with Crippen LogP contribution in [-0.2, 0) is 20.6 Å². The monoisotopic (exact) mass is 468 g/mol. The fourth-order valence-electron chi connectivity index (χ4n) is 2.55. The summed E-state index contributed by atoms with van der Waals surface area (Å²) < 4.78 is 17.0. The molecule has 0 amide bonds. The van der Waals surface area contributed by atoms with Crippen molar-refractivity contribution < 1.29 is 28.6 Å².